The minimum absolute atomic E-state index is 0.0282. The van der Waals surface area contributed by atoms with E-state index in [1.807, 2.05) is 36.4 Å². The summed E-state index contributed by atoms with van der Waals surface area (Å²) in [6, 6.07) is 20.1. The van der Waals surface area contributed by atoms with Gasteiger partial charge in [-0.05, 0) is 23.3 Å². The number of aromatic nitrogens is 1. The molecule has 126 valence electrons. The molecule has 2 aromatic carbocycles. The lowest BCUT2D eigenvalue weighted by Crippen LogP contribution is -2.09. The minimum Gasteiger partial charge on any atom is -0.508 e. The van der Waals surface area contributed by atoms with Crippen molar-refractivity contribution < 1.29 is 5.11 Å². The number of nitrogens with two attached hydrogens (primary N) is 1. The van der Waals surface area contributed by atoms with Crippen molar-refractivity contribution in [1.82, 2.24) is 4.98 Å². The molecule has 0 aliphatic carbocycles. The van der Waals surface area contributed by atoms with Crippen molar-refractivity contribution in [3.8, 4) is 29.0 Å². The molecule has 0 amide bonds. The maximum absolute atomic E-state index is 9.76. The molecule has 0 unspecified atom stereocenters. The highest BCUT2D eigenvalue weighted by Crippen LogP contribution is 2.35. The van der Waals surface area contributed by atoms with E-state index in [1.165, 1.54) is 12.1 Å². The zero-order valence-corrected chi connectivity index (χ0v) is 13.8. The Balaban J connectivity index is 2.12. The van der Waals surface area contributed by atoms with Gasteiger partial charge in [-0.15, -0.1) is 0 Å². The number of nitrogens with zero attached hydrogens (tertiary/aromatic N) is 3. The first-order valence-electron chi connectivity index (χ1n) is 7.85. The van der Waals surface area contributed by atoms with Crippen molar-refractivity contribution in [2.24, 2.45) is 0 Å². The molecule has 4 N–H and O–H groups in total. The predicted molar refractivity (Wildman–Crippen MR) is 98.9 cm³/mol. The van der Waals surface area contributed by atoms with Crippen LogP contribution >= 0.6 is 0 Å². The molecule has 0 saturated carbocycles. The third-order valence-corrected chi connectivity index (χ3v) is 3.89. The van der Waals surface area contributed by atoms with E-state index in [-0.39, 0.29) is 22.7 Å². The molecule has 0 bridgehead atoms. The standard InChI is InChI=1S/C20H15N5O/c21-10-16-18(14-7-4-8-15(26)9-14)17(11-22)20(25-19(16)23)24-12-13-5-2-1-3-6-13/h1-9,26H,12H2,(H3,23,24,25). The number of aromatic hydroxyl groups is 1. The number of rotatable bonds is 4. The number of hydrogen-bond acceptors (Lipinski definition) is 6. The van der Waals surface area contributed by atoms with E-state index in [0.717, 1.165) is 5.56 Å². The number of nitrogens with one attached hydrogen (secondary N) is 1. The zero-order chi connectivity index (χ0) is 18.5. The number of nitriles is 2. The summed E-state index contributed by atoms with van der Waals surface area (Å²) in [5.41, 5.74) is 8.16. The Labute approximate surface area is 150 Å². The Morgan fingerprint density at radius 2 is 1.73 bits per heavy atom. The van der Waals surface area contributed by atoms with Gasteiger partial charge in [0.2, 0.25) is 0 Å². The first kappa shape index (κ1) is 16.8. The van der Waals surface area contributed by atoms with E-state index in [2.05, 4.69) is 16.4 Å². The number of hydrogen-bond donors (Lipinski definition) is 3. The van der Waals surface area contributed by atoms with Crippen LogP contribution in [0.2, 0.25) is 0 Å². The third-order valence-electron chi connectivity index (χ3n) is 3.89. The minimum atomic E-state index is 0.0282. The summed E-state index contributed by atoms with van der Waals surface area (Å²) in [5.74, 6) is 0.357. The van der Waals surface area contributed by atoms with E-state index in [1.54, 1.807) is 12.1 Å². The van der Waals surface area contributed by atoms with Crippen molar-refractivity contribution in [3.05, 3.63) is 71.3 Å². The molecule has 0 aliphatic heterocycles. The van der Waals surface area contributed by atoms with Crippen LogP contribution in [0.25, 0.3) is 11.1 Å². The van der Waals surface area contributed by atoms with E-state index >= 15 is 0 Å². The predicted octanol–water partition coefficient (Wildman–Crippen LogP) is 3.39. The van der Waals surface area contributed by atoms with Crippen LogP contribution in [-0.4, -0.2) is 10.1 Å². The number of phenolic OH excluding ortho intramolecular Hbond substituents is 1. The average molecular weight is 341 g/mol. The van der Waals surface area contributed by atoms with Gasteiger partial charge in [-0.25, -0.2) is 4.98 Å². The fraction of sp³-hybridized carbons (Fsp3) is 0.0500. The molecule has 0 saturated heterocycles. The lowest BCUT2D eigenvalue weighted by atomic mass is 9.96. The second-order valence-corrected chi connectivity index (χ2v) is 5.58. The van der Waals surface area contributed by atoms with Crippen molar-refractivity contribution in [2.45, 2.75) is 6.54 Å². The highest BCUT2D eigenvalue weighted by Gasteiger charge is 2.20. The van der Waals surface area contributed by atoms with Gasteiger partial charge in [-0.1, -0.05) is 42.5 Å². The van der Waals surface area contributed by atoms with Gasteiger partial charge in [-0.2, -0.15) is 10.5 Å². The van der Waals surface area contributed by atoms with E-state index in [0.29, 0.717) is 23.5 Å². The number of pyridine rings is 1. The van der Waals surface area contributed by atoms with E-state index in [4.69, 9.17) is 5.73 Å². The molecule has 6 heteroatoms. The smallest absolute Gasteiger partial charge is 0.147 e. The lowest BCUT2D eigenvalue weighted by Gasteiger charge is -2.14. The molecular weight excluding hydrogens is 326 g/mol. The van der Waals surface area contributed by atoms with Crippen molar-refractivity contribution in [1.29, 1.82) is 10.5 Å². The third kappa shape index (κ3) is 3.26. The Kier molecular flexibility index (Phi) is 4.69. The van der Waals surface area contributed by atoms with E-state index < -0.39 is 0 Å². The average Bonchev–Trinajstić information content (AvgIpc) is 2.66. The fourth-order valence-corrected chi connectivity index (χ4v) is 2.69. The van der Waals surface area contributed by atoms with Crippen LogP contribution in [0, 0.1) is 22.7 Å². The van der Waals surface area contributed by atoms with Crippen LogP contribution in [0.3, 0.4) is 0 Å². The molecule has 3 rings (SSSR count). The van der Waals surface area contributed by atoms with Crippen LogP contribution in [0.1, 0.15) is 16.7 Å². The van der Waals surface area contributed by atoms with Gasteiger partial charge < -0.3 is 16.2 Å². The summed E-state index contributed by atoms with van der Waals surface area (Å²) in [4.78, 5) is 4.20. The zero-order valence-electron chi connectivity index (χ0n) is 13.8. The molecule has 0 radical (unpaired) electrons. The molecule has 6 nitrogen and oxygen atoms in total. The Hall–Kier alpha value is -4.03. The van der Waals surface area contributed by atoms with Crippen LogP contribution in [0.5, 0.6) is 5.75 Å². The van der Waals surface area contributed by atoms with Crippen molar-refractivity contribution in [2.75, 3.05) is 11.1 Å². The lowest BCUT2D eigenvalue weighted by molar-refractivity contribution is 0.475. The fourth-order valence-electron chi connectivity index (χ4n) is 2.69. The molecule has 0 fully saturated rings. The van der Waals surface area contributed by atoms with Crippen LogP contribution < -0.4 is 11.1 Å². The summed E-state index contributed by atoms with van der Waals surface area (Å²) in [6.07, 6.45) is 0. The quantitative estimate of drug-likeness (QED) is 0.669. The van der Waals surface area contributed by atoms with Crippen LogP contribution in [0.15, 0.2) is 54.6 Å². The SMILES string of the molecule is N#Cc1c(N)nc(NCc2ccccc2)c(C#N)c1-c1cccc(O)c1. The van der Waals surface area contributed by atoms with Gasteiger partial charge >= 0.3 is 0 Å². The monoisotopic (exact) mass is 341 g/mol. The molecule has 1 heterocycles. The highest BCUT2D eigenvalue weighted by molar-refractivity contribution is 5.85. The second kappa shape index (κ2) is 7.25. The highest BCUT2D eigenvalue weighted by atomic mass is 16.3. The first-order valence-corrected chi connectivity index (χ1v) is 7.85. The molecular formula is C20H15N5O. The molecule has 0 atom stereocenters. The van der Waals surface area contributed by atoms with Crippen LogP contribution in [-0.2, 0) is 6.54 Å². The molecule has 26 heavy (non-hydrogen) atoms. The Bertz CT molecular complexity index is 1030. The van der Waals surface area contributed by atoms with Crippen LogP contribution in [0.4, 0.5) is 11.6 Å². The van der Waals surface area contributed by atoms with Gasteiger partial charge in [-0.3, -0.25) is 0 Å². The number of nitrogen functional groups attached to an aromatic ring is 1. The molecule has 3 aromatic rings. The van der Waals surface area contributed by atoms with Gasteiger partial charge in [0.1, 0.15) is 40.7 Å². The Morgan fingerprint density at radius 1 is 1.00 bits per heavy atom. The molecule has 1 aromatic heterocycles. The first-order chi connectivity index (χ1) is 12.6. The number of anilines is 2. The molecule has 0 aliphatic rings. The van der Waals surface area contributed by atoms with Gasteiger partial charge in [0, 0.05) is 12.1 Å². The summed E-state index contributed by atoms with van der Waals surface area (Å²) < 4.78 is 0. The normalized spacial score (nSPS) is 9.92. The number of phenols is 1. The summed E-state index contributed by atoms with van der Waals surface area (Å²) in [5, 5.41) is 32.1. The van der Waals surface area contributed by atoms with Gasteiger partial charge in [0.25, 0.3) is 0 Å². The van der Waals surface area contributed by atoms with Crippen molar-refractivity contribution >= 4 is 11.6 Å². The second-order valence-electron chi connectivity index (χ2n) is 5.58. The van der Waals surface area contributed by atoms with E-state index in [9.17, 15) is 15.6 Å². The maximum Gasteiger partial charge on any atom is 0.147 e. The van der Waals surface area contributed by atoms with Gasteiger partial charge in [0.15, 0.2) is 0 Å². The topological polar surface area (TPSA) is 119 Å². The molecule has 0 spiro atoms. The largest absolute Gasteiger partial charge is 0.508 e. The summed E-state index contributed by atoms with van der Waals surface area (Å²) >= 11 is 0. The maximum atomic E-state index is 9.76. The van der Waals surface area contributed by atoms with Gasteiger partial charge in [0.05, 0.1) is 0 Å². The Morgan fingerprint density at radius 3 is 2.38 bits per heavy atom. The summed E-state index contributed by atoms with van der Waals surface area (Å²) in [6.45, 7) is 0.452. The number of benzene rings is 2. The summed E-state index contributed by atoms with van der Waals surface area (Å²) in [7, 11) is 0. The van der Waals surface area contributed by atoms with Crippen molar-refractivity contribution in [3.63, 3.8) is 0 Å².